The first-order chi connectivity index (χ1) is 7.65. The Labute approximate surface area is 91.2 Å². The predicted octanol–water partition coefficient (Wildman–Crippen LogP) is 2.57. The van der Waals surface area contributed by atoms with Crippen molar-refractivity contribution in [3.63, 3.8) is 0 Å². The SMILES string of the molecule is [2H]/C(C(=O)OCC)=C(\C)Nc1ccccc1. The van der Waals surface area contributed by atoms with E-state index in [1.165, 1.54) is 0 Å². The zero-order chi connectivity index (χ0) is 12.0. The average molecular weight is 206 g/mol. The second-order valence-electron chi connectivity index (χ2n) is 2.96. The maximum atomic E-state index is 11.3. The lowest BCUT2D eigenvalue weighted by atomic mass is 10.3. The van der Waals surface area contributed by atoms with Crippen molar-refractivity contribution in [1.29, 1.82) is 0 Å². The molecule has 0 aliphatic carbocycles. The molecule has 0 aliphatic heterocycles. The van der Waals surface area contributed by atoms with Crippen LogP contribution in [-0.4, -0.2) is 12.6 Å². The topological polar surface area (TPSA) is 38.3 Å². The molecule has 1 aromatic rings. The minimum atomic E-state index is -0.608. The summed E-state index contributed by atoms with van der Waals surface area (Å²) in [4.78, 5) is 11.3. The van der Waals surface area contributed by atoms with Gasteiger partial charge in [-0.3, -0.25) is 0 Å². The molecule has 3 nitrogen and oxygen atoms in total. The van der Waals surface area contributed by atoms with Gasteiger partial charge in [0.05, 0.1) is 7.98 Å². The van der Waals surface area contributed by atoms with Gasteiger partial charge in [-0.2, -0.15) is 0 Å². The van der Waals surface area contributed by atoms with Gasteiger partial charge in [0.25, 0.3) is 0 Å². The van der Waals surface area contributed by atoms with Crippen LogP contribution in [0.25, 0.3) is 0 Å². The number of para-hydroxylation sites is 1. The van der Waals surface area contributed by atoms with Crippen LogP contribution in [0.2, 0.25) is 0 Å². The number of ether oxygens (including phenoxy) is 1. The molecule has 0 saturated carbocycles. The Morgan fingerprint density at radius 1 is 1.53 bits per heavy atom. The number of allylic oxidation sites excluding steroid dienone is 1. The van der Waals surface area contributed by atoms with E-state index in [0.29, 0.717) is 5.70 Å². The zero-order valence-corrected chi connectivity index (χ0v) is 8.91. The molecular formula is C12H15NO2. The molecule has 0 spiro atoms. The third-order valence-electron chi connectivity index (χ3n) is 1.67. The van der Waals surface area contributed by atoms with Crippen molar-refractivity contribution in [1.82, 2.24) is 0 Å². The molecule has 1 N–H and O–H groups in total. The van der Waals surface area contributed by atoms with E-state index in [2.05, 4.69) is 5.32 Å². The molecule has 0 radical (unpaired) electrons. The van der Waals surface area contributed by atoms with Crippen molar-refractivity contribution in [3.8, 4) is 0 Å². The highest BCUT2D eigenvalue weighted by atomic mass is 16.5. The molecular weight excluding hydrogens is 190 g/mol. The van der Waals surface area contributed by atoms with Gasteiger partial charge in [-0.15, -0.1) is 0 Å². The number of carbonyl (C=O) groups is 1. The standard InChI is InChI=1S/C12H15NO2/c1-3-15-12(14)9-10(2)13-11-7-5-4-6-8-11/h4-9,13H,3H2,1-2H3/b10-9-/i9D. The molecule has 0 unspecified atom stereocenters. The summed E-state index contributed by atoms with van der Waals surface area (Å²) >= 11 is 0. The lowest BCUT2D eigenvalue weighted by Crippen LogP contribution is -2.04. The van der Waals surface area contributed by atoms with Crippen LogP contribution in [0.5, 0.6) is 0 Å². The maximum absolute atomic E-state index is 11.3. The zero-order valence-electron chi connectivity index (χ0n) is 9.91. The smallest absolute Gasteiger partial charge is 0.332 e. The molecule has 0 fully saturated rings. The lowest BCUT2D eigenvalue weighted by Gasteiger charge is -2.05. The number of esters is 1. The Kier molecular flexibility index (Phi) is 3.81. The summed E-state index contributed by atoms with van der Waals surface area (Å²) in [6, 6.07) is 9.24. The number of hydrogen-bond donors (Lipinski definition) is 1. The summed E-state index contributed by atoms with van der Waals surface area (Å²) in [5.74, 6) is -0.608. The number of rotatable bonds is 4. The van der Waals surface area contributed by atoms with Crippen molar-refractivity contribution >= 4 is 11.7 Å². The molecule has 0 amide bonds. The van der Waals surface area contributed by atoms with Crippen molar-refractivity contribution in [2.24, 2.45) is 0 Å². The lowest BCUT2D eigenvalue weighted by molar-refractivity contribution is -0.137. The van der Waals surface area contributed by atoms with Crippen molar-refractivity contribution in [2.45, 2.75) is 13.8 Å². The van der Waals surface area contributed by atoms with Crippen LogP contribution in [0, 0.1) is 0 Å². The Balaban J connectivity index is 2.73. The van der Waals surface area contributed by atoms with E-state index >= 15 is 0 Å². The van der Waals surface area contributed by atoms with Crippen LogP contribution < -0.4 is 5.32 Å². The Morgan fingerprint density at radius 3 is 2.80 bits per heavy atom. The van der Waals surface area contributed by atoms with Gasteiger partial charge < -0.3 is 10.1 Å². The molecule has 0 aliphatic rings. The summed E-state index contributed by atoms with van der Waals surface area (Å²) in [5.41, 5.74) is 1.32. The van der Waals surface area contributed by atoms with Crippen molar-refractivity contribution < 1.29 is 10.9 Å². The number of hydrogen-bond acceptors (Lipinski definition) is 3. The van der Waals surface area contributed by atoms with Gasteiger partial charge in [0.2, 0.25) is 0 Å². The first-order valence-electron chi connectivity index (χ1n) is 5.31. The maximum Gasteiger partial charge on any atom is 0.332 e. The van der Waals surface area contributed by atoms with Gasteiger partial charge in [0, 0.05) is 17.4 Å². The second kappa shape index (κ2) is 5.86. The Hall–Kier alpha value is -1.77. The van der Waals surface area contributed by atoms with Crippen molar-refractivity contribution in [3.05, 3.63) is 42.1 Å². The monoisotopic (exact) mass is 206 g/mol. The van der Waals surface area contributed by atoms with E-state index in [1.807, 2.05) is 30.3 Å². The molecule has 0 heterocycles. The van der Waals surface area contributed by atoms with Crippen LogP contribution in [0.4, 0.5) is 5.69 Å². The van der Waals surface area contributed by atoms with Crippen LogP contribution in [0.1, 0.15) is 15.2 Å². The van der Waals surface area contributed by atoms with Gasteiger partial charge in [-0.05, 0) is 26.0 Å². The normalized spacial score (nSPS) is 12.5. The molecule has 0 atom stereocenters. The summed E-state index contributed by atoms with van der Waals surface area (Å²) < 4.78 is 12.3. The fourth-order valence-electron chi connectivity index (χ4n) is 1.09. The van der Waals surface area contributed by atoms with E-state index in [4.69, 9.17) is 6.11 Å². The van der Waals surface area contributed by atoms with Crippen LogP contribution in [-0.2, 0) is 9.53 Å². The summed E-state index contributed by atoms with van der Waals surface area (Å²) in [6.07, 6.45) is 0. The van der Waals surface area contributed by atoms with Gasteiger partial charge >= 0.3 is 5.97 Å². The first kappa shape index (κ1) is 9.77. The molecule has 1 rings (SSSR count). The van der Waals surface area contributed by atoms with Crippen LogP contribution in [0.3, 0.4) is 0 Å². The first-order valence-corrected chi connectivity index (χ1v) is 4.81. The van der Waals surface area contributed by atoms with Crippen molar-refractivity contribution in [2.75, 3.05) is 11.9 Å². The largest absolute Gasteiger partial charge is 0.463 e. The minimum Gasteiger partial charge on any atom is -0.463 e. The van der Waals surface area contributed by atoms with E-state index in [-0.39, 0.29) is 12.7 Å². The summed E-state index contributed by atoms with van der Waals surface area (Å²) in [5, 5.41) is 2.97. The van der Waals surface area contributed by atoms with Crippen LogP contribution >= 0.6 is 0 Å². The van der Waals surface area contributed by atoms with E-state index in [9.17, 15) is 4.79 Å². The quantitative estimate of drug-likeness (QED) is 0.607. The molecule has 0 bridgehead atoms. The fraction of sp³-hybridized carbons (Fsp3) is 0.250. The van der Waals surface area contributed by atoms with E-state index in [1.54, 1.807) is 13.8 Å². The fourth-order valence-corrected chi connectivity index (χ4v) is 1.09. The second-order valence-corrected chi connectivity index (χ2v) is 2.96. The number of anilines is 1. The number of benzene rings is 1. The Morgan fingerprint density at radius 2 is 2.20 bits per heavy atom. The molecule has 0 aromatic heterocycles. The number of carbonyl (C=O) groups excluding carboxylic acids is 1. The highest BCUT2D eigenvalue weighted by molar-refractivity contribution is 5.83. The molecule has 1 aromatic carbocycles. The van der Waals surface area contributed by atoms with E-state index in [0.717, 1.165) is 5.69 Å². The molecule has 0 saturated heterocycles. The predicted molar refractivity (Wildman–Crippen MR) is 60.5 cm³/mol. The molecule has 80 valence electrons. The highest BCUT2D eigenvalue weighted by Crippen LogP contribution is 2.08. The Bertz CT molecular complexity index is 387. The van der Waals surface area contributed by atoms with E-state index < -0.39 is 5.97 Å². The molecule has 3 heteroatoms. The van der Waals surface area contributed by atoms with Gasteiger partial charge in [-0.1, -0.05) is 18.2 Å². The van der Waals surface area contributed by atoms with Gasteiger partial charge in [0.15, 0.2) is 0 Å². The average Bonchev–Trinajstić information content (AvgIpc) is 2.29. The highest BCUT2D eigenvalue weighted by Gasteiger charge is 1.97. The minimum absolute atomic E-state index is 0.147. The number of nitrogens with one attached hydrogen (secondary N) is 1. The third kappa shape index (κ3) is 4.31. The summed E-state index contributed by atoms with van der Waals surface area (Å²) in [6.45, 7) is 3.66. The molecule has 15 heavy (non-hydrogen) atoms. The van der Waals surface area contributed by atoms with Gasteiger partial charge in [-0.25, -0.2) is 4.79 Å². The van der Waals surface area contributed by atoms with Gasteiger partial charge in [0.1, 0.15) is 0 Å². The third-order valence-corrected chi connectivity index (χ3v) is 1.67. The van der Waals surface area contributed by atoms with Crippen LogP contribution in [0.15, 0.2) is 42.1 Å². The summed E-state index contributed by atoms with van der Waals surface area (Å²) in [7, 11) is 0.